The molecule has 2 aliphatic heterocycles. The van der Waals surface area contributed by atoms with Crippen molar-refractivity contribution >= 4 is 28.3 Å². The summed E-state index contributed by atoms with van der Waals surface area (Å²) >= 11 is 6.05. The number of ether oxygens (including phenoxy) is 1. The van der Waals surface area contributed by atoms with Crippen LogP contribution in [0.25, 0.3) is 10.9 Å². The van der Waals surface area contributed by atoms with Crippen molar-refractivity contribution in [2.24, 2.45) is 0 Å². The summed E-state index contributed by atoms with van der Waals surface area (Å²) in [6, 6.07) is 9.23. The van der Waals surface area contributed by atoms with E-state index in [9.17, 15) is 4.79 Å². The van der Waals surface area contributed by atoms with E-state index in [-0.39, 0.29) is 11.8 Å². The highest BCUT2D eigenvalue weighted by molar-refractivity contribution is 6.31. The van der Waals surface area contributed by atoms with Gasteiger partial charge in [-0.1, -0.05) is 23.7 Å². The zero-order chi connectivity index (χ0) is 17.7. The summed E-state index contributed by atoms with van der Waals surface area (Å²) < 4.78 is 6.17. The van der Waals surface area contributed by atoms with Crippen LogP contribution in [0, 0.1) is 0 Å². The van der Waals surface area contributed by atoms with E-state index in [4.69, 9.17) is 16.3 Å². The van der Waals surface area contributed by atoms with Gasteiger partial charge < -0.3 is 15.0 Å². The maximum atomic E-state index is 13.2. The first-order valence-corrected chi connectivity index (χ1v) is 9.17. The average molecular weight is 368 g/mol. The molecule has 2 N–H and O–H groups in total. The topological polar surface area (TPSA) is 67.0 Å². The van der Waals surface area contributed by atoms with Gasteiger partial charge in [-0.2, -0.15) is 0 Å². The molecule has 2 unspecified atom stereocenters. The molecule has 0 bridgehead atoms. The second kappa shape index (κ2) is 5.91. The summed E-state index contributed by atoms with van der Waals surface area (Å²) in [6.07, 6.45) is 4.99. The Hall–Kier alpha value is -2.21. The highest BCUT2D eigenvalue weighted by Crippen LogP contribution is 2.43. The van der Waals surface area contributed by atoms with Crippen molar-refractivity contribution in [3.05, 3.63) is 64.6 Å². The number of benzene rings is 1. The second-order valence-corrected chi connectivity index (χ2v) is 7.45. The van der Waals surface area contributed by atoms with Crippen LogP contribution in [0.4, 0.5) is 0 Å². The Kier molecular flexibility index (Phi) is 3.64. The van der Waals surface area contributed by atoms with Crippen molar-refractivity contribution in [3.8, 4) is 0 Å². The summed E-state index contributed by atoms with van der Waals surface area (Å²) in [7, 11) is 0. The summed E-state index contributed by atoms with van der Waals surface area (Å²) in [5, 5.41) is 4.91. The predicted octanol–water partition coefficient (Wildman–Crippen LogP) is 3.58. The lowest BCUT2D eigenvalue weighted by atomic mass is 9.82. The zero-order valence-electron chi connectivity index (χ0n) is 14.1. The van der Waals surface area contributed by atoms with E-state index in [2.05, 4.69) is 21.4 Å². The molecule has 2 atom stereocenters. The van der Waals surface area contributed by atoms with E-state index in [1.165, 1.54) is 0 Å². The zero-order valence-corrected chi connectivity index (χ0v) is 14.8. The summed E-state index contributed by atoms with van der Waals surface area (Å²) in [4.78, 5) is 20.9. The number of Topliss-reactive ketones (excluding diaryl/α,β-unsaturated/α-hetero) is 1. The van der Waals surface area contributed by atoms with Gasteiger partial charge in [0.25, 0.3) is 0 Å². The van der Waals surface area contributed by atoms with E-state index in [1.807, 2.05) is 24.3 Å². The first-order valence-electron chi connectivity index (χ1n) is 8.79. The van der Waals surface area contributed by atoms with Gasteiger partial charge in [0.15, 0.2) is 5.78 Å². The lowest BCUT2D eigenvalue weighted by molar-refractivity contribution is -0.0681. The van der Waals surface area contributed by atoms with Gasteiger partial charge in [-0.3, -0.25) is 9.78 Å². The largest absolute Gasteiger partial charge is 0.364 e. The van der Waals surface area contributed by atoms with Gasteiger partial charge in [0.2, 0.25) is 0 Å². The normalized spacial score (nSPS) is 24.9. The number of nitrogens with zero attached hydrogens (tertiary/aromatic N) is 1. The Morgan fingerprint density at radius 1 is 1.35 bits per heavy atom. The summed E-state index contributed by atoms with van der Waals surface area (Å²) in [6.45, 7) is 1.29. The van der Waals surface area contributed by atoms with Crippen LogP contribution in [0.5, 0.6) is 0 Å². The van der Waals surface area contributed by atoms with Crippen LogP contribution in [0.1, 0.15) is 34.5 Å². The first-order chi connectivity index (χ1) is 12.7. The molecule has 0 radical (unpaired) electrons. The minimum atomic E-state index is -0.461. The molecule has 2 aromatic heterocycles. The van der Waals surface area contributed by atoms with Crippen LogP contribution in [-0.4, -0.2) is 28.3 Å². The number of hydrogen-bond acceptors (Lipinski definition) is 4. The van der Waals surface area contributed by atoms with Gasteiger partial charge in [-0.05, 0) is 31.2 Å². The molecule has 4 heterocycles. The second-order valence-electron chi connectivity index (χ2n) is 7.01. The number of halogens is 1. The van der Waals surface area contributed by atoms with Crippen molar-refractivity contribution in [3.63, 3.8) is 0 Å². The highest BCUT2D eigenvalue weighted by Gasteiger charge is 2.46. The smallest absolute Gasteiger partial charge is 0.181 e. The molecule has 0 amide bonds. The fourth-order valence-corrected chi connectivity index (χ4v) is 4.40. The van der Waals surface area contributed by atoms with Crippen molar-refractivity contribution in [2.45, 2.75) is 31.1 Å². The Balaban J connectivity index is 1.48. The third kappa shape index (κ3) is 2.39. The molecular formula is C20H18ClN3O2. The predicted molar refractivity (Wildman–Crippen MR) is 99.4 cm³/mol. The van der Waals surface area contributed by atoms with Crippen LogP contribution >= 0.6 is 11.6 Å². The Bertz CT molecular complexity index is 1010. The number of hydrogen-bond donors (Lipinski definition) is 2. The van der Waals surface area contributed by atoms with E-state index in [0.717, 1.165) is 35.1 Å². The SMILES string of the molecule is O=C(c1c[nH]c2cc(Cl)ccc12)C1CC2(CCN1)OCc1cccnc12. The maximum absolute atomic E-state index is 13.2. The van der Waals surface area contributed by atoms with Crippen molar-refractivity contribution in [1.82, 2.24) is 15.3 Å². The Labute approximate surface area is 155 Å². The molecule has 3 aromatic rings. The summed E-state index contributed by atoms with van der Waals surface area (Å²) in [5.74, 6) is 0.0747. The van der Waals surface area contributed by atoms with Crippen LogP contribution in [0.3, 0.4) is 0 Å². The quantitative estimate of drug-likeness (QED) is 0.679. The number of rotatable bonds is 2. The molecule has 5 rings (SSSR count). The van der Waals surface area contributed by atoms with E-state index >= 15 is 0 Å². The van der Waals surface area contributed by atoms with E-state index in [1.54, 1.807) is 12.4 Å². The monoisotopic (exact) mass is 367 g/mol. The van der Waals surface area contributed by atoms with Gasteiger partial charge in [0.1, 0.15) is 5.60 Å². The molecule has 2 aliphatic rings. The summed E-state index contributed by atoms with van der Waals surface area (Å²) in [5.41, 5.74) is 3.21. The molecule has 1 fully saturated rings. The molecule has 0 saturated carbocycles. The number of carbonyl (C=O) groups excluding carboxylic acids is 1. The van der Waals surface area contributed by atoms with Gasteiger partial charge in [0, 0.05) is 45.9 Å². The van der Waals surface area contributed by atoms with Gasteiger partial charge >= 0.3 is 0 Å². The van der Waals surface area contributed by atoms with Crippen LogP contribution in [0.15, 0.2) is 42.7 Å². The molecule has 26 heavy (non-hydrogen) atoms. The number of ketones is 1. The third-order valence-electron chi connectivity index (χ3n) is 5.51. The molecule has 5 nitrogen and oxygen atoms in total. The number of aromatic nitrogens is 2. The fourth-order valence-electron chi connectivity index (χ4n) is 4.22. The molecule has 1 aromatic carbocycles. The molecule has 1 spiro atoms. The number of fused-ring (bicyclic) bond motifs is 3. The number of nitrogens with one attached hydrogen (secondary N) is 2. The third-order valence-corrected chi connectivity index (χ3v) is 5.74. The first kappa shape index (κ1) is 16.0. The molecule has 132 valence electrons. The van der Waals surface area contributed by atoms with E-state index < -0.39 is 5.60 Å². The molecule has 1 saturated heterocycles. The minimum Gasteiger partial charge on any atom is -0.364 e. The van der Waals surface area contributed by atoms with Crippen molar-refractivity contribution in [1.29, 1.82) is 0 Å². The van der Waals surface area contributed by atoms with Gasteiger partial charge in [-0.25, -0.2) is 0 Å². The lowest BCUT2D eigenvalue weighted by Crippen LogP contribution is -2.50. The van der Waals surface area contributed by atoms with Gasteiger partial charge in [0.05, 0.1) is 18.3 Å². The van der Waals surface area contributed by atoms with Crippen molar-refractivity contribution in [2.75, 3.05) is 6.54 Å². The molecule has 6 heteroatoms. The van der Waals surface area contributed by atoms with Gasteiger partial charge in [-0.15, -0.1) is 0 Å². The van der Waals surface area contributed by atoms with Crippen LogP contribution in [0.2, 0.25) is 5.02 Å². The van der Waals surface area contributed by atoms with E-state index in [0.29, 0.717) is 23.6 Å². The number of piperidine rings is 1. The Morgan fingerprint density at radius 2 is 2.27 bits per heavy atom. The molecular weight excluding hydrogens is 350 g/mol. The molecule has 0 aliphatic carbocycles. The lowest BCUT2D eigenvalue weighted by Gasteiger charge is -2.37. The Morgan fingerprint density at radius 3 is 3.19 bits per heavy atom. The highest BCUT2D eigenvalue weighted by atomic mass is 35.5. The number of H-pyrrole nitrogens is 1. The minimum absolute atomic E-state index is 0.0747. The number of pyridine rings is 1. The maximum Gasteiger partial charge on any atom is 0.181 e. The standard InChI is InChI=1S/C20H18ClN3O2/c21-13-3-4-14-15(10-24-16(14)8-13)18(25)17-9-20(5-7-22-17)19-12(11-26-20)2-1-6-23-19/h1-4,6,8,10,17,22,24H,5,7,9,11H2. The average Bonchev–Trinajstić information content (AvgIpc) is 3.23. The fraction of sp³-hybridized carbons (Fsp3) is 0.300. The van der Waals surface area contributed by atoms with Crippen LogP contribution in [-0.2, 0) is 16.9 Å². The number of aromatic amines is 1. The van der Waals surface area contributed by atoms with Crippen LogP contribution < -0.4 is 5.32 Å². The van der Waals surface area contributed by atoms with Crippen molar-refractivity contribution < 1.29 is 9.53 Å². The number of carbonyl (C=O) groups is 1.